The number of carbonyl (C=O) groups excluding carboxylic acids is 1. The van der Waals surface area contributed by atoms with Gasteiger partial charge in [0.1, 0.15) is 21.9 Å². The number of thiophene rings is 1. The van der Waals surface area contributed by atoms with Gasteiger partial charge in [-0.3, -0.25) is 4.79 Å². The molecule has 0 saturated carbocycles. The molecule has 160 valence electrons. The molecule has 1 unspecified atom stereocenters. The molecular weight excluding hydrogens is 448 g/mol. The van der Waals surface area contributed by atoms with Gasteiger partial charge in [-0.15, -0.1) is 11.3 Å². The van der Waals surface area contributed by atoms with E-state index < -0.39 is 0 Å². The van der Waals surface area contributed by atoms with Crippen LogP contribution in [0.4, 0.5) is 5.13 Å². The van der Waals surface area contributed by atoms with E-state index in [0.29, 0.717) is 17.7 Å². The lowest BCUT2D eigenvalue weighted by Crippen LogP contribution is -2.14. The third-order valence-electron chi connectivity index (χ3n) is 5.31. The summed E-state index contributed by atoms with van der Waals surface area (Å²) in [6, 6.07) is 5.77. The fourth-order valence-corrected chi connectivity index (χ4v) is 7.01. The largest absolute Gasteiger partial charge is 0.494 e. The number of nitrogens with one attached hydrogen (secondary N) is 1. The molecule has 6 nitrogen and oxygen atoms in total. The van der Waals surface area contributed by atoms with Gasteiger partial charge in [0, 0.05) is 10.3 Å². The SMILES string of the molecule is CCOc1ccc2nc(NC(=O)CSc3ncnc4sc5c(c34)CCC(C)C5)sc2c1. The molecular formula is C22H22N4O2S3. The van der Waals surface area contributed by atoms with Crippen molar-refractivity contribution in [3.8, 4) is 5.75 Å². The van der Waals surface area contributed by atoms with Gasteiger partial charge >= 0.3 is 0 Å². The van der Waals surface area contributed by atoms with Crippen molar-refractivity contribution >= 4 is 65.9 Å². The van der Waals surface area contributed by atoms with E-state index in [4.69, 9.17) is 4.74 Å². The zero-order valence-electron chi connectivity index (χ0n) is 17.3. The van der Waals surface area contributed by atoms with Crippen LogP contribution in [0.15, 0.2) is 29.6 Å². The number of amides is 1. The van der Waals surface area contributed by atoms with Gasteiger partial charge in [0.15, 0.2) is 5.13 Å². The number of aromatic nitrogens is 3. The quantitative estimate of drug-likeness (QED) is 0.294. The summed E-state index contributed by atoms with van der Waals surface area (Å²) in [5.41, 5.74) is 2.24. The van der Waals surface area contributed by atoms with Gasteiger partial charge in [-0.1, -0.05) is 30.0 Å². The van der Waals surface area contributed by atoms with E-state index in [1.807, 2.05) is 25.1 Å². The maximum atomic E-state index is 12.6. The van der Waals surface area contributed by atoms with E-state index in [2.05, 4.69) is 27.2 Å². The molecule has 1 atom stereocenters. The number of fused-ring (bicyclic) bond motifs is 4. The predicted molar refractivity (Wildman–Crippen MR) is 129 cm³/mol. The first-order valence-electron chi connectivity index (χ1n) is 10.3. The zero-order chi connectivity index (χ0) is 21.4. The molecule has 4 aromatic rings. The molecule has 9 heteroatoms. The van der Waals surface area contributed by atoms with E-state index in [-0.39, 0.29) is 11.7 Å². The van der Waals surface area contributed by atoms with Crippen LogP contribution in [-0.4, -0.2) is 33.2 Å². The highest BCUT2D eigenvalue weighted by Crippen LogP contribution is 2.40. The smallest absolute Gasteiger partial charge is 0.236 e. The van der Waals surface area contributed by atoms with Crippen molar-refractivity contribution in [3.05, 3.63) is 35.0 Å². The fourth-order valence-electron chi connectivity index (χ4n) is 3.86. The second-order valence-electron chi connectivity index (χ2n) is 7.63. The van der Waals surface area contributed by atoms with E-state index in [0.717, 1.165) is 44.1 Å². The van der Waals surface area contributed by atoms with Crippen LogP contribution >= 0.6 is 34.4 Å². The van der Waals surface area contributed by atoms with Crippen molar-refractivity contribution in [3.63, 3.8) is 0 Å². The topological polar surface area (TPSA) is 77.0 Å². The Hall–Kier alpha value is -2.23. The molecule has 1 N–H and O–H groups in total. The molecule has 1 aliphatic carbocycles. The summed E-state index contributed by atoms with van der Waals surface area (Å²) in [6.07, 6.45) is 4.99. The van der Waals surface area contributed by atoms with Crippen molar-refractivity contribution in [2.45, 2.75) is 38.1 Å². The lowest BCUT2D eigenvalue weighted by Gasteiger charge is -2.18. The predicted octanol–water partition coefficient (Wildman–Crippen LogP) is 5.56. The van der Waals surface area contributed by atoms with Crippen LogP contribution in [0, 0.1) is 5.92 Å². The normalized spacial score (nSPS) is 15.9. The number of nitrogens with zero attached hydrogens (tertiary/aromatic N) is 3. The van der Waals surface area contributed by atoms with Crippen molar-refractivity contribution in [2.75, 3.05) is 17.7 Å². The average Bonchev–Trinajstić information content (AvgIpc) is 3.32. The molecule has 1 amide bonds. The van der Waals surface area contributed by atoms with Crippen LogP contribution in [0.1, 0.15) is 30.7 Å². The second kappa shape index (κ2) is 8.72. The van der Waals surface area contributed by atoms with E-state index in [1.54, 1.807) is 17.7 Å². The molecule has 0 radical (unpaired) electrons. The number of hydrogen-bond donors (Lipinski definition) is 1. The van der Waals surface area contributed by atoms with Crippen LogP contribution < -0.4 is 10.1 Å². The molecule has 3 heterocycles. The van der Waals surface area contributed by atoms with Crippen LogP contribution in [0.5, 0.6) is 5.75 Å². The molecule has 0 spiro atoms. The second-order valence-corrected chi connectivity index (χ2v) is 10.7. The molecule has 0 aliphatic heterocycles. The molecule has 1 aliphatic rings. The molecule has 5 rings (SSSR count). The lowest BCUT2D eigenvalue weighted by atomic mass is 9.89. The number of carbonyl (C=O) groups is 1. The number of thioether (sulfide) groups is 1. The van der Waals surface area contributed by atoms with E-state index in [9.17, 15) is 4.79 Å². The summed E-state index contributed by atoms with van der Waals surface area (Å²) in [5.74, 6) is 1.73. The van der Waals surface area contributed by atoms with Crippen LogP contribution in [-0.2, 0) is 17.6 Å². The van der Waals surface area contributed by atoms with Gasteiger partial charge in [0.2, 0.25) is 5.91 Å². The summed E-state index contributed by atoms with van der Waals surface area (Å²) < 4.78 is 6.53. The number of hydrogen-bond acceptors (Lipinski definition) is 8. The first-order chi connectivity index (χ1) is 15.1. The van der Waals surface area contributed by atoms with Crippen molar-refractivity contribution in [1.29, 1.82) is 0 Å². The van der Waals surface area contributed by atoms with Crippen LogP contribution in [0.25, 0.3) is 20.4 Å². The highest BCUT2D eigenvalue weighted by atomic mass is 32.2. The Bertz CT molecular complexity index is 1270. The Balaban J connectivity index is 1.30. The number of benzene rings is 1. The molecule has 1 aromatic carbocycles. The van der Waals surface area contributed by atoms with Gasteiger partial charge in [0.25, 0.3) is 0 Å². The standard InChI is InChI=1S/C22H22N4O2S3/c1-3-28-13-5-7-15-17(9-13)31-22(25-15)26-18(27)10-29-20-19-14-6-4-12(2)8-16(14)30-21(19)24-11-23-20/h5,7,9,11-12H,3-4,6,8,10H2,1-2H3,(H,25,26,27). The maximum Gasteiger partial charge on any atom is 0.236 e. The van der Waals surface area contributed by atoms with Crippen molar-refractivity contribution < 1.29 is 9.53 Å². The average molecular weight is 471 g/mol. The minimum atomic E-state index is -0.0847. The number of rotatable bonds is 6. The molecule has 0 fully saturated rings. The van der Waals surface area contributed by atoms with Crippen molar-refractivity contribution in [2.24, 2.45) is 5.92 Å². The monoisotopic (exact) mass is 470 g/mol. The summed E-state index contributed by atoms with van der Waals surface area (Å²) in [7, 11) is 0. The number of aryl methyl sites for hydroxylation is 1. The van der Waals surface area contributed by atoms with Crippen LogP contribution in [0.3, 0.4) is 0 Å². The number of ether oxygens (including phenoxy) is 1. The number of anilines is 1. The van der Waals surface area contributed by atoms with Gasteiger partial charge in [-0.05, 0) is 55.9 Å². The zero-order valence-corrected chi connectivity index (χ0v) is 19.8. The third-order valence-corrected chi connectivity index (χ3v) is 8.40. The maximum absolute atomic E-state index is 12.6. The lowest BCUT2D eigenvalue weighted by molar-refractivity contribution is -0.113. The Morgan fingerprint density at radius 3 is 3.10 bits per heavy atom. The molecule has 3 aromatic heterocycles. The van der Waals surface area contributed by atoms with Gasteiger partial charge < -0.3 is 10.1 Å². The van der Waals surface area contributed by atoms with Crippen LogP contribution in [0.2, 0.25) is 0 Å². The van der Waals surface area contributed by atoms with Crippen molar-refractivity contribution in [1.82, 2.24) is 15.0 Å². The Labute approximate surface area is 192 Å². The summed E-state index contributed by atoms with van der Waals surface area (Å²) in [5, 5.41) is 5.58. The molecule has 31 heavy (non-hydrogen) atoms. The minimum Gasteiger partial charge on any atom is -0.494 e. The van der Waals surface area contributed by atoms with Gasteiger partial charge in [-0.25, -0.2) is 15.0 Å². The Morgan fingerprint density at radius 1 is 1.32 bits per heavy atom. The molecule has 0 bridgehead atoms. The van der Waals surface area contributed by atoms with E-state index >= 15 is 0 Å². The first-order valence-corrected chi connectivity index (χ1v) is 12.9. The summed E-state index contributed by atoms with van der Waals surface area (Å²) in [4.78, 5) is 28.6. The Kier molecular flexibility index (Phi) is 5.81. The summed E-state index contributed by atoms with van der Waals surface area (Å²) >= 11 is 4.70. The third kappa shape index (κ3) is 4.26. The Morgan fingerprint density at radius 2 is 2.23 bits per heavy atom. The minimum absolute atomic E-state index is 0.0847. The van der Waals surface area contributed by atoms with E-state index in [1.165, 1.54) is 40.0 Å². The van der Waals surface area contributed by atoms with Gasteiger partial charge in [-0.2, -0.15) is 0 Å². The molecule has 0 saturated heterocycles. The highest BCUT2D eigenvalue weighted by Gasteiger charge is 2.23. The first kappa shape index (κ1) is 20.7. The fraction of sp³-hybridized carbons (Fsp3) is 0.364. The van der Waals surface area contributed by atoms with Gasteiger partial charge in [0.05, 0.1) is 22.6 Å². The number of thiazole rings is 1. The summed E-state index contributed by atoms with van der Waals surface area (Å²) in [6.45, 7) is 4.88. The highest BCUT2D eigenvalue weighted by molar-refractivity contribution is 8.00.